The summed E-state index contributed by atoms with van der Waals surface area (Å²) in [5.41, 5.74) is 2.37. The van der Waals surface area contributed by atoms with Crippen molar-refractivity contribution in [2.24, 2.45) is 0 Å². The van der Waals surface area contributed by atoms with Crippen LogP contribution in [-0.2, 0) is 6.42 Å². The average Bonchev–Trinajstić information content (AvgIpc) is 2.54. The highest BCUT2D eigenvalue weighted by molar-refractivity contribution is 6.32. The van der Waals surface area contributed by atoms with Gasteiger partial charge in [0.05, 0.1) is 19.2 Å². The Balaban J connectivity index is 2.34. The largest absolute Gasteiger partial charge is 0.493 e. The molecule has 3 nitrogen and oxygen atoms in total. The SMILES string of the molecule is CCNC(Cc1ccccc1)c1cc(Cl)c(OC)c(OC)c1. The third-order valence-electron chi connectivity index (χ3n) is 3.59. The number of rotatable bonds is 7. The smallest absolute Gasteiger partial charge is 0.179 e. The van der Waals surface area contributed by atoms with Gasteiger partial charge in [0, 0.05) is 6.04 Å². The zero-order valence-electron chi connectivity index (χ0n) is 13.2. The van der Waals surface area contributed by atoms with Crippen LogP contribution in [0.4, 0.5) is 0 Å². The molecule has 2 rings (SSSR count). The second kappa shape index (κ2) is 8.06. The highest BCUT2D eigenvalue weighted by Gasteiger charge is 2.17. The molecule has 1 N–H and O–H groups in total. The second-order valence-electron chi connectivity index (χ2n) is 5.04. The fourth-order valence-corrected chi connectivity index (χ4v) is 2.84. The molecule has 1 atom stereocenters. The Kier molecular flexibility index (Phi) is 6.10. The van der Waals surface area contributed by atoms with E-state index in [-0.39, 0.29) is 6.04 Å². The standard InChI is InChI=1S/C18H22ClNO2/c1-4-20-16(10-13-8-6-5-7-9-13)14-11-15(19)18(22-3)17(12-14)21-2/h5-9,11-12,16,20H,4,10H2,1-3H3. The molecule has 0 aliphatic heterocycles. The molecule has 0 amide bonds. The lowest BCUT2D eigenvalue weighted by molar-refractivity contribution is 0.354. The summed E-state index contributed by atoms with van der Waals surface area (Å²) in [7, 11) is 3.21. The van der Waals surface area contributed by atoms with Crippen LogP contribution in [0, 0.1) is 0 Å². The van der Waals surface area contributed by atoms with Crippen LogP contribution >= 0.6 is 11.6 Å². The predicted octanol–water partition coefficient (Wildman–Crippen LogP) is 4.25. The lowest BCUT2D eigenvalue weighted by atomic mass is 9.98. The van der Waals surface area contributed by atoms with Crippen LogP contribution in [0.1, 0.15) is 24.1 Å². The molecule has 0 aliphatic rings. The summed E-state index contributed by atoms with van der Waals surface area (Å²) >= 11 is 6.33. The van der Waals surface area contributed by atoms with Crippen LogP contribution in [0.3, 0.4) is 0 Å². The molecule has 4 heteroatoms. The summed E-state index contributed by atoms with van der Waals surface area (Å²) in [4.78, 5) is 0. The Morgan fingerprint density at radius 2 is 1.82 bits per heavy atom. The summed E-state index contributed by atoms with van der Waals surface area (Å²) < 4.78 is 10.7. The van der Waals surface area contributed by atoms with Crippen molar-refractivity contribution in [1.29, 1.82) is 0 Å². The lowest BCUT2D eigenvalue weighted by Gasteiger charge is -2.21. The van der Waals surface area contributed by atoms with E-state index in [0.29, 0.717) is 16.5 Å². The van der Waals surface area contributed by atoms with Crippen molar-refractivity contribution in [3.63, 3.8) is 0 Å². The number of hydrogen-bond acceptors (Lipinski definition) is 3. The molecular formula is C18H22ClNO2. The number of likely N-dealkylation sites (N-methyl/N-ethyl adjacent to an activating group) is 1. The highest BCUT2D eigenvalue weighted by Crippen LogP contribution is 2.38. The van der Waals surface area contributed by atoms with Crippen molar-refractivity contribution in [2.75, 3.05) is 20.8 Å². The first-order valence-corrected chi connectivity index (χ1v) is 7.76. The molecule has 2 aromatic rings. The van der Waals surface area contributed by atoms with Crippen molar-refractivity contribution < 1.29 is 9.47 Å². The first-order chi connectivity index (χ1) is 10.7. The Morgan fingerprint density at radius 3 is 2.41 bits per heavy atom. The van der Waals surface area contributed by atoms with Gasteiger partial charge in [-0.15, -0.1) is 0 Å². The van der Waals surface area contributed by atoms with Crippen molar-refractivity contribution in [3.8, 4) is 11.5 Å². The summed E-state index contributed by atoms with van der Waals surface area (Å²) in [5.74, 6) is 1.23. The quantitative estimate of drug-likeness (QED) is 0.827. The van der Waals surface area contributed by atoms with Gasteiger partial charge >= 0.3 is 0 Å². The maximum Gasteiger partial charge on any atom is 0.179 e. The molecule has 118 valence electrons. The molecule has 0 radical (unpaired) electrons. The third-order valence-corrected chi connectivity index (χ3v) is 3.87. The zero-order valence-corrected chi connectivity index (χ0v) is 14.0. The molecule has 0 bridgehead atoms. The van der Waals surface area contributed by atoms with E-state index in [4.69, 9.17) is 21.1 Å². The fraction of sp³-hybridized carbons (Fsp3) is 0.333. The fourth-order valence-electron chi connectivity index (χ4n) is 2.54. The van der Waals surface area contributed by atoms with Gasteiger partial charge in [0.1, 0.15) is 0 Å². The predicted molar refractivity (Wildman–Crippen MR) is 91.1 cm³/mol. The molecule has 2 aromatic carbocycles. The second-order valence-corrected chi connectivity index (χ2v) is 5.45. The minimum absolute atomic E-state index is 0.171. The van der Waals surface area contributed by atoms with E-state index in [2.05, 4.69) is 36.5 Å². The number of hydrogen-bond donors (Lipinski definition) is 1. The number of ether oxygens (including phenoxy) is 2. The topological polar surface area (TPSA) is 30.5 Å². The normalized spacial score (nSPS) is 12.0. The first-order valence-electron chi connectivity index (χ1n) is 7.38. The summed E-state index contributed by atoms with van der Waals surface area (Å²) in [6.45, 7) is 2.98. The van der Waals surface area contributed by atoms with Gasteiger partial charge in [-0.1, -0.05) is 48.9 Å². The monoisotopic (exact) mass is 319 g/mol. The molecule has 0 aliphatic carbocycles. The number of methoxy groups -OCH3 is 2. The van der Waals surface area contributed by atoms with Gasteiger partial charge in [0.25, 0.3) is 0 Å². The van der Waals surface area contributed by atoms with Gasteiger partial charge < -0.3 is 14.8 Å². The molecule has 22 heavy (non-hydrogen) atoms. The van der Waals surface area contributed by atoms with E-state index in [1.54, 1.807) is 14.2 Å². The van der Waals surface area contributed by atoms with E-state index in [0.717, 1.165) is 18.5 Å². The Hall–Kier alpha value is -1.71. The number of benzene rings is 2. The van der Waals surface area contributed by atoms with E-state index in [1.807, 2.05) is 18.2 Å². The van der Waals surface area contributed by atoms with Gasteiger partial charge in [-0.05, 0) is 36.2 Å². The van der Waals surface area contributed by atoms with Crippen LogP contribution in [0.2, 0.25) is 5.02 Å². The number of nitrogens with one attached hydrogen (secondary N) is 1. The highest BCUT2D eigenvalue weighted by atomic mass is 35.5. The van der Waals surface area contributed by atoms with Gasteiger partial charge in [-0.2, -0.15) is 0 Å². The summed E-state index contributed by atoms with van der Waals surface area (Å²) in [5, 5.41) is 4.07. The van der Waals surface area contributed by atoms with Gasteiger partial charge in [-0.25, -0.2) is 0 Å². The first kappa shape index (κ1) is 16.7. The molecule has 0 saturated heterocycles. The van der Waals surface area contributed by atoms with E-state index < -0.39 is 0 Å². The molecule has 0 fully saturated rings. The van der Waals surface area contributed by atoms with Crippen molar-refractivity contribution in [2.45, 2.75) is 19.4 Å². The van der Waals surface area contributed by atoms with Gasteiger partial charge in [0.2, 0.25) is 0 Å². The van der Waals surface area contributed by atoms with Crippen LogP contribution < -0.4 is 14.8 Å². The molecule has 0 aromatic heterocycles. The van der Waals surface area contributed by atoms with Crippen molar-refractivity contribution >= 4 is 11.6 Å². The third kappa shape index (κ3) is 3.93. The minimum Gasteiger partial charge on any atom is -0.493 e. The minimum atomic E-state index is 0.171. The van der Waals surface area contributed by atoms with E-state index in [9.17, 15) is 0 Å². The molecule has 0 saturated carbocycles. The molecule has 1 unspecified atom stereocenters. The van der Waals surface area contributed by atoms with Crippen LogP contribution in [0.5, 0.6) is 11.5 Å². The number of halogens is 1. The lowest BCUT2D eigenvalue weighted by Crippen LogP contribution is -2.23. The van der Waals surface area contributed by atoms with Gasteiger partial charge in [0.15, 0.2) is 11.5 Å². The molecule has 0 heterocycles. The average molecular weight is 320 g/mol. The van der Waals surface area contributed by atoms with E-state index in [1.165, 1.54) is 5.56 Å². The Morgan fingerprint density at radius 1 is 1.09 bits per heavy atom. The maximum absolute atomic E-state index is 6.33. The summed E-state index contributed by atoms with van der Waals surface area (Å²) in [6.07, 6.45) is 0.889. The Labute approximate surface area is 137 Å². The Bertz CT molecular complexity index is 602. The summed E-state index contributed by atoms with van der Waals surface area (Å²) in [6, 6.07) is 14.5. The van der Waals surface area contributed by atoms with Crippen LogP contribution in [0.15, 0.2) is 42.5 Å². The maximum atomic E-state index is 6.33. The van der Waals surface area contributed by atoms with Gasteiger partial charge in [-0.3, -0.25) is 0 Å². The van der Waals surface area contributed by atoms with Crippen LogP contribution in [0.25, 0.3) is 0 Å². The molecular weight excluding hydrogens is 298 g/mol. The van der Waals surface area contributed by atoms with Crippen molar-refractivity contribution in [1.82, 2.24) is 5.32 Å². The zero-order chi connectivity index (χ0) is 15.9. The van der Waals surface area contributed by atoms with Crippen molar-refractivity contribution in [3.05, 3.63) is 58.6 Å². The van der Waals surface area contributed by atoms with E-state index >= 15 is 0 Å². The molecule has 0 spiro atoms. The van der Waals surface area contributed by atoms with Crippen LogP contribution in [-0.4, -0.2) is 20.8 Å².